The summed E-state index contributed by atoms with van der Waals surface area (Å²) in [6.07, 6.45) is 0. The molecule has 1 fully saturated rings. The smallest absolute Gasteiger partial charge is 0.142 e. The van der Waals surface area contributed by atoms with Crippen molar-refractivity contribution in [2.75, 3.05) is 37.7 Å². The summed E-state index contributed by atoms with van der Waals surface area (Å²) in [7, 11) is 0. The first-order valence-electron chi connectivity index (χ1n) is 8.00. The molecule has 2 aromatic rings. The summed E-state index contributed by atoms with van der Waals surface area (Å²) in [4.78, 5) is 6.50. The summed E-state index contributed by atoms with van der Waals surface area (Å²) in [5, 5.41) is 2.19. The van der Waals surface area contributed by atoms with Crippen LogP contribution in [-0.2, 0) is 6.54 Å². The van der Waals surface area contributed by atoms with Crippen molar-refractivity contribution in [3.8, 4) is 5.75 Å². The van der Waals surface area contributed by atoms with Crippen LogP contribution in [0.3, 0.4) is 0 Å². The molecule has 0 amide bonds. The third kappa shape index (κ3) is 3.45. The van der Waals surface area contributed by atoms with Crippen molar-refractivity contribution in [1.82, 2.24) is 4.90 Å². The first-order valence-corrected chi connectivity index (χ1v) is 8.88. The van der Waals surface area contributed by atoms with E-state index in [9.17, 15) is 0 Å². The molecule has 3 rings (SSSR count). The van der Waals surface area contributed by atoms with E-state index >= 15 is 0 Å². The Balaban J connectivity index is 1.61. The van der Waals surface area contributed by atoms with Gasteiger partial charge >= 0.3 is 0 Å². The Morgan fingerprint density at radius 1 is 1.09 bits per heavy atom. The second-order valence-corrected chi connectivity index (χ2v) is 6.69. The Morgan fingerprint density at radius 2 is 1.86 bits per heavy atom. The Morgan fingerprint density at radius 3 is 2.55 bits per heavy atom. The van der Waals surface area contributed by atoms with Gasteiger partial charge in [0.2, 0.25) is 0 Å². The number of anilines is 1. The van der Waals surface area contributed by atoms with Crippen molar-refractivity contribution in [2.24, 2.45) is 0 Å². The maximum Gasteiger partial charge on any atom is 0.142 e. The van der Waals surface area contributed by atoms with Crippen LogP contribution < -0.4 is 9.64 Å². The number of benzene rings is 1. The van der Waals surface area contributed by atoms with E-state index in [4.69, 9.17) is 4.74 Å². The number of rotatable bonds is 5. The van der Waals surface area contributed by atoms with E-state index in [1.807, 2.05) is 24.3 Å². The number of hydrogen-bond donors (Lipinski definition) is 0. The lowest BCUT2D eigenvalue weighted by molar-refractivity contribution is 0.250. The van der Waals surface area contributed by atoms with Crippen molar-refractivity contribution in [2.45, 2.75) is 20.4 Å². The molecule has 1 aromatic heterocycles. The Kier molecular flexibility index (Phi) is 5.01. The molecule has 1 saturated heterocycles. The molecule has 0 spiro atoms. The van der Waals surface area contributed by atoms with Gasteiger partial charge in [0.05, 0.1) is 12.3 Å². The molecule has 1 aromatic carbocycles. The van der Waals surface area contributed by atoms with E-state index in [2.05, 4.69) is 46.4 Å². The van der Waals surface area contributed by atoms with Crippen molar-refractivity contribution in [3.05, 3.63) is 46.2 Å². The van der Waals surface area contributed by atoms with Crippen LogP contribution in [0, 0.1) is 6.92 Å². The minimum atomic E-state index is 0.717. The molecule has 2 heterocycles. The van der Waals surface area contributed by atoms with Crippen molar-refractivity contribution in [3.63, 3.8) is 0 Å². The third-order valence-electron chi connectivity index (χ3n) is 4.21. The normalized spacial score (nSPS) is 16.0. The van der Waals surface area contributed by atoms with Crippen LogP contribution in [0.15, 0.2) is 35.7 Å². The molecule has 1 aliphatic rings. The molecule has 0 unspecified atom stereocenters. The summed E-state index contributed by atoms with van der Waals surface area (Å²) in [6, 6.07) is 10.6. The SMILES string of the molecule is CCOc1ccccc1N1CCN(Cc2sccc2C)CC1. The van der Waals surface area contributed by atoms with E-state index < -0.39 is 0 Å². The zero-order chi connectivity index (χ0) is 15.4. The quantitative estimate of drug-likeness (QED) is 0.835. The summed E-state index contributed by atoms with van der Waals surface area (Å²) in [6.45, 7) is 10.4. The molecule has 0 atom stereocenters. The van der Waals surface area contributed by atoms with Gasteiger partial charge < -0.3 is 9.64 Å². The van der Waals surface area contributed by atoms with E-state index in [-0.39, 0.29) is 0 Å². The van der Waals surface area contributed by atoms with Gasteiger partial charge in [-0.25, -0.2) is 0 Å². The van der Waals surface area contributed by atoms with E-state index in [1.54, 1.807) is 0 Å². The standard InChI is InChI=1S/C18H24N2OS/c1-3-21-17-7-5-4-6-16(17)20-11-9-19(10-12-20)14-18-15(2)8-13-22-18/h4-8,13H,3,9-12,14H2,1-2H3. The van der Waals surface area contributed by atoms with Gasteiger partial charge in [-0.15, -0.1) is 11.3 Å². The maximum absolute atomic E-state index is 5.76. The second-order valence-electron chi connectivity index (χ2n) is 5.69. The van der Waals surface area contributed by atoms with E-state index in [0.29, 0.717) is 6.61 Å². The fourth-order valence-corrected chi connectivity index (χ4v) is 3.86. The highest BCUT2D eigenvalue weighted by molar-refractivity contribution is 7.10. The highest BCUT2D eigenvalue weighted by Crippen LogP contribution is 2.29. The average molecular weight is 316 g/mol. The van der Waals surface area contributed by atoms with Crippen LogP contribution in [0.4, 0.5) is 5.69 Å². The minimum Gasteiger partial charge on any atom is -0.492 e. The molecule has 3 nitrogen and oxygen atoms in total. The van der Waals surface area contributed by atoms with Crippen LogP contribution >= 0.6 is 11.3 Å². The number of thiophene rings is 1. The summed E-state index contributed by atoms with van der Waals surface area (Å²) in [5.74, 6) is 1.01. The van der Waals surface area contributed by atoms with Crippen LogP contribution in [0.2, 0.25) is 0 Å². The lowest BCUT2D eigenvalue weighted by atomic mass is 10.2. The molecule has 0 N–H and O–H groups in total. The van der Waals surface area contributed by atoms with Crippen molar-refractivity contribution < 1.29 is 4.74 Å². The highest BCUT2D eigenvalue weighted by atomic mass is 32.1. The van der Waals surface area contributed by atoms with Gasteiger partial charge in [-0.2, -0.15) is 0 Å². The summed E-state index contributed by atoms with van der Waals surface area (Å²) in [5.41, 5.74) is 2.66. The van der Waals surface area contributed by atoms with Gasteiger partial charge in [0.1, 0.15) is 5.75 Å². The van der Waals surface area contributed by atoms with Gasteiger partial charge in [0.25, 0.3) is 0 Å². The largest absolute Gasteiger partial charge is 0.492 e. The number of para-hydroxylation sites is 2. The molecule has 0 bridgehead atoms. The molecule has 0 radical (unpaired) electrons. The zero-order valence-corrected chi connectivity index (χ0v) is 14.2. The topological polar surface area (TPSA) is 15.7 Å². The van der Waals surface area contributed by atoms with Crippen molar-refractivity contribution >= 4 is 17.0 Å². The summed E-state index contributed by atoms with van der Waals surface area (Å²) < 4.78 is 5.76. The van der Waals surface area contributed by atoms with Crippen LogP contribution in [0.25, 0.3) is 0 Å². The summed E-state index contributed by atoms with van der Waals surface area (Å²) >= 11 is 1.87. The lowest BCUT2D eigenvalue weighted by Crippen LogP contribution is -2.46. The van der Waals surface area contributed by atoms with Gasteiger partial charge in [-0.3, -0.25) is 4.90 Å². The fraction of sp³-hybridized carbons (Fsp3) is 0.444. The zero-order valence-electron chi connectivity index (χ0n) is 13.4. The Hall–Kier alpha value is -1.52. The number of ether oxygens (including phenoxy) is 1. The number of nitrogens with zero attached hydrogens (tertiary/aromatic N) is 2. The molecule has 0 aliphatic carbocycles. The predicted octanol–water partition coefficient (Wildman–Crippen LogP) is 3.78. The van der Waals surface area contributed by atoms with Gasteiger partial charge in [0.15, 0.2) is 0 Å². The Labute approximate surface area is 137 Å². The van der Waals surface area contributed by atoms with E-state index in [0.717, 1.165) is 38.5 Å². The molecular weight excluding hydrogens is 292 g/mol. The molecular formula is C18H24N2OS. The average Bonchev–Trinajstić information content (AvgIpc) is 2.94. The number of aryl methyl sites for hydroxylation is 1. The van der Waals surface area contributed by atoms with E-state index in [1.165, 1.54) is 16.1 Å². The number of hydrogen-bond acceptors (Lipinski definition) is 4. The van der Waals surface area contributed by atoms with Gasteiger partial charge in [-0.1, -0.05) is 12.1 Å². The van der Waals surface area contributed by atoms with Gasteiger partial charge in [-0.05, 0) is 43.0 Å². The van der Waals surface area contributed by atoms with Crippen molar-refractivity contribution in [1.29, 1.82) is 0 Å². The first kappa shape index (κ1) is 15.4. The molecule has 0 saturated carbocycles. The number of piperazine rings is 1. The molecule has 1 aliphatic heterocycles. The molecule has 4 heteroatoms. The van der Waals surface area contributed by atoms with Crippen LogP contribution in [-0.4, -0.2) is 37.7 Å². The Bertz CT molecular complexity index is 603. The fourth-order valence-electron chi connectivity index (χ4n) is 2.91. The highest BCUT2D eigenvalue weighted by Gasteiger charge is 2.20. The maximum atomic E-state index is 5.76. The van der Waals surface area contributed by atoms with Gasteiger partial charge in [0, 0.05) is 37.6 Å². The minimum absolute atomic E-state index is 0.717. The molecule has 118 valence electrons. The lowest BCUT2D eigenvalue weighted by Gasteiger charge is -2.36. The predicted molar refractivity (Wildman–Crippen MR) is 94.2 cm³/mol. The third-order valence-corrected chi connectivity index (χ3v) is 5.22. The first-order chi connectivity index (χ1) is 10.8. The molecule has 22 heavy (non-hydrogen) atoms. The van der Waals surface area contributed by atoms with Crippen LogP contribution in [0.1, 0.15) is 17.4 Å². The second kappa shape index (κ2) is 7.16. The van der Waals surface area contributed by atoms with Crippen LogP contribution in [0.5, 0.6) is 5.75 Å². The monoisotopic (exact) mass is 316 g/mol.